The van der Waals surface area contributed by atoms with E-state index in [1.165, 1.54) is 7.11 Å². The second-order valence-corrected chi connectivity index (χ2v) is 7.87. The normalized spacial score (nSPS) is 13.3. The quantitative estimate of drug-likeness (QED) is 0.523. The summed E-state index contributed by atoms with van der Waals surface area (Å²) in [5.41, 5.74) is 3.09. The highest BCUT2D eigenvalue weighted by atomic mass is 16.5. The lowest BCUT2D eigenvalue weighted by Gasteiger charge is -2.24. The Kier molecular flexibility index (Phi) is 5.85. The van der Waals surface area contributed by atoms with Crippen LogP contribution in [0.1, 0.15) is 38.8 Å². The maximum atomic E-state index is 13.6. The zero-order valence-electron chi connectivity index (χ0n) is 19.6. The first-order chi connectivity index (χ1) is 15.9. The minimum absolute atomic E-state index is 0.180. The molecule has 6 nitrogen and oxygen atoms in total. The van der Waals surface area contributed by atoms with Gasteiger partial charge in [-0.1, -0.05) is 24.3 Å². The fourth-order valence-corrected chi connectivity index (χ4v) is 4.66. The first-order valence-corrected chi connectivity index (χ1v) is 10.6. The van der Waals surface area contributed by atoms with Crippen LogP contribution in [0.5, 0.6) is 23.0 Å². The molecule has 0 saturated heterocycles. The molecular formula is C27H26O6. The van der Waals surface area contributed by atoms with Gasteiger partial charge in [0.05, 0.1) is 39.4 Å². The maximum absolute atomic E-state index is 13.6. The summed E-state index contributed by atoms with van der Waals surface area (Å²) in [6.07, 6.45) is 0.202. The number of Topliss-reactive ketones (excluding diaryl/α,β-unsaturated/α-hetero) is 2. The van der Waals surface area contributed by atoms with Crippen molar-refractivity contribution in [3.05, 3.63) is 69.8 Å². The average molecular weight is 446 g/mol. The third-order valence-electron chi connectivity index (χ3n) is 6.33. The van der Waals surface area contributed by atoms with Gasteiger partial charge >= 0.3 is 0 Å². The van der Waals surface area contributed by atoms with E-state index in [2.05, 4.69) is 0 Å². The van der Waals surface area contributed by atoms with E-state index in [0.717, 1.165) is 21.9 Å². The molecule has 0 fully saturated rings. The highest BCUT2D eigenvalue weighted by Crippen LogP contribution is 2.46. The molecule has 0 bridgehead atoms. The Bertz CT molecular complexity index is 1330. The topological polar surface area (TPSA) is 71.1 Å². The average Bonchev–Trinajstić information content (AvgIpc) is 2.84. The van der Waals surface area contributed by atoms with Crippen molar-refractivity contribution in [2.75, 3.05) is 28.4 Å². The predicted molar refractivity (Wildman–Crippen MR) is 126 cm³/mol. The molecule has 0 saturated carbocycles. The number of allylic oxidation sites excluding steroid dienone is 2. The molecule has 0 unspecified atom stereocenters. The number of hydrogen-bond acceptors (Lipinski definition) is 6. The Balaban J connectivity index is 1.98. The molecule has 4 rings (SSSR count). The summed E-state index contributed by atoms with van der Waals surface area (Å²) in [4.78, 5) is 26.8. The molecule has 0 heterocycles. The number of benzene rings is 3. The summed E-state index contributed by atoms with van der Waals surface area (Å²) in [6.45, 7) is 3.62. The van der Waals surface area contributed by atoms with Crippen LogP contribution in [0, 0.1) is 6.92 Å². The van der Waals surface area contributed by atoms with Crippen molar-refractivity contribution in [3.8, 4) is 23.0 Å². The summed E-state index contributed by atoms with van der Waals surface area (Å²) < 4.78 is 22.6. The Labute approximate surface area is 192 Å². The fourth-order valence-electron chi connectivity index (χ4n) is 4.66. The first-order valence-electron chi connectivity index (χ1n) is 10.6. The number of ketones is 2. The zero-order valence-corrected chi connectivity index (χ0v) is 19.6. The van der Waals surface area contributed by atoms with Gasteiger partial charge in [-0.3, -0.25) is 9.59 Å². The van der Waals surface area contributed by atoms with Crippen molar-refractivity contribution >= 4 is 22.3 Å². The number of carbonyl (C=O) groups is 2. The summed E-state index contributed by atoms with van der Waals surface area (Å²) in [7, 11) is 6.29. The van der Waals surface area contributed by atoms with E-state index in [4.69, 9.17) is 18.9 Å². The number of methoxy groups -OCH3 is 4. The fraction of sp³-hybridized carbons (Fsp3) is 0.259. The van der Waals surface area contributed by atoms with Crippen molar-refractivity contribution in [1.29, 1.82) is 0 Å². The standard InChI is InChI=1S/C27H26O6/c1-14-18(25(29)22-16(24(14)28)9-7-11-20(22)30-3)13-19-15(2)26(32-5)17-10-8-12-21(31-4)23(17)27(19)33-6/h7-12H,13H2,1-6H3. The van der Waals surface area contributed by atoms with Crippen LogP contribution in [0.4, 0.5) is 0 Å². The molecule has 0 N–H and O–H groups in total. The van der Waals surface area contributed by atoms with Gasteiger partial charge in [-0.15, -0.1) is 0 Å². The Morgan fingerprint density at radius 1 is 0.727 bits per heavy atom. The molecule has 6 heteroatoms. The van der Waals surface area contributed by atoms with Gasteiger partial charge in [-0.2, -0.15) is 0 Å². The molecule has 0 spiro atoms. The van der Waals surface area contributed by atoms with Gasteiger partial charge in [-0.25, -0.2) is 0 Å². The molecule has 1 aliphatic carbocycles. The van der Waals surface area contributed by atoms with E-state index in [9.17, 15) is 9.59 Å². The lowest BCUT2D eigenvalue weighted by molar-refractivity contribution is 0.0970. The largest absolute Gasteiger partial charge is 0.496 e. The van der Waals surface area contributed by atoms with E-state index < -0.39 is 0 Å². The zero-order chi connectivity index (χ0) is 23.9. The van der Waals surface area contributed by atoms with Crippen molar-refractivity contribution in [3.63, 3.8) is 0 Å². The highest BCUT2D eigenvalue weighted by molar-refractivity contribution is 6.28. The third kappa shape index (κ3) is 3.33. The summed E-state index contributed by atoms with van der Waals surface area (Å²) >= 11 is 0. The van der Waals surface area contributed by atoms with Crippen molar-refractivity contribution < 1.29 is 28.5 Å². The number of carbonyl (C=O) groups excluding carboxylic acids is 2. The molecule has 0 amide bonds. The Morgan fingerprint density at radius 3 is 2.00 bits per heavy atom. The maximum Gasteiger partial charge on any atom is 0.194 e. The van der Waals surface area contributed by atoms with Crippen LogP contribution in [0.2, 0.25) is 0 Å². The van der Waals surface area contributed by atoms with Gasteiger partial charge in [0.15, 0.2) is 11.6 Å². The number of hydrogen-bond donors (Lipinski definition) is 0. The Morgan fingerprint density at radius 2 is 1.36 bits per heavy atom. The van der Waals surface area contributed by atoms with E-state index >= 15 is 0 Å². The second-order valence-electron chi connectivity index (χ2n) is 7.87. The SMILES string of the molecule is COc1cccc2c1C(=O)C(Cc1c(C)c(OC)c3cccc(OC)c3c1OC)=C(C)C2=O. The summed E-state index contributed by atoms with van der Waals surface area (Å²) in [6, 6.07) is 10.8. The Hall–Kier alpha value is -3.80. The molecule has 0 aromatic heterocycles. The summed E-state index contributed by atoms with van der Waals surface area (Å²) in [5, 5.41) is 1.60. The second kappa shape index (κ2) is 8.62. The van der Waals surface area contributed by atoms with Crippen LogP contribution in [0.15, 0.2) is 47.5 Å². The van der Waals surface area contributed by atoms with Crippen molar-refractivity contribution in [1.82, 2.24) is 0 Å². The molecule has 1 aliphatic rings. The lowest BCUT2D eigenvalue weighted by Crippen LogP contribution is -2.23. The van der Waals surface area contributed by atoms with E-state index in [1.807, 2.05) is 25.1 Å². The molecule has 0 atom stereocenters. The van der Waals surface area contributed by atoms with Crippen LogP contribution in [0.3, 0.4) is 0 Å². The van der Waals surface area contributed by atoms with Crippen molar-refractivity contribution in [2.24, 2.45) is 0 Å². The number of ether oxygens (including phenoxy) is 4. The lowest BCUT2D eigenvalue weighted by atomic mass is 9.80. The minimum Gasteiger partial charge on any atom is -0.496 e. The van der Waals surface area contributed by atoms with E-state index in [-0.39, 0.29) is 18.0 Å². The van der Waals surface area contributed by atoms with Gasteiger partial charge in [0.1, 0.15) is 23.0 Å². The molecule has 0 aliphatic heterocycles. The monoisotopic (exact) mass is 446 g/mol. The summed E-state index contributed by atoms with van der Waals surface area (Å²) in [5.74, 6) is 1.88. The molecule has 33 heavy (non-hydrogen) atoms. The molecule has 3 aromatic rings. The van der Waals surface area contributed by atoms with Gasteiger partial charge in [-0.05, 0) is 31.5 Å². The van der Waals surface area contributed by atoms with Crippen LogP contribution in [0.25, 0.3) is 10.8 Å². The first kappa shape index (κ1) is 22.4. The number of rotatable bonds is 6. The molecule has 170 valence electrons. The minimum atomic E-state index is -0.222. The van der Waals surface area contributed by atoms with Gasteiger partial charge in [0, 0.05) is 34.1 Å². The van der Waals surface area contributed by atoms with Gasteiger partial charge in [0.25, 0.3) is 0 Å². The van der Waals surface area contributed by atoms with Gasteiger partial charge in [0.2, 0.25) is 0 Å². The van der Waals surface area contributed by atoms with Crippen LogP contribution in [-0.4, -0.2) is 40.0 Å². The van der Waals surface area contributed by atoms with E-state index in [0.29, 0.717) is 45.3 Å². The van der Waals surface area contributed by atoms with E-state index in [1.54, 1.807) is 46.5 Å². The van der Waals surface area contributed by atoms with Crippen LogP contribution in [-0.2, 0) is 6.42 Å². The molecule has 3 aromatic carbocycles. The smallest absolute Gasteiger partial charge is 0.194 e. The molecular weight excluding hydrogens is 420 g/mol. The van der Waals surface area contributed by atoms with Crippen molar-refractivity contribution in [2.45, 2.75) is 20.3 Å². The predicted octanol–water partition coefficient (Wildman–Crippen LogP) is 5.12. The number of fused-ring (bicyclic) bond motifs is 2. The van der Waals surface area contributed by atoms with Crippen LogP contribution >= 0.6 is 0 Å². The molecule has 0 radical (unpaired) electrons. The van der Waals surface area contributed by atoms with Gasteiger partial charge < -0.3 is 18.9 Å². The highest BCUT2D eigenvalue weighted by Gasteiger charge is 2.34. The van der Waals surface area contributed by atoms with Crippen LogP contribution < -0.4 is 18.9 Å². The third-order valence-corrected chi connectivity index (χ3v) is 6.33.